The molecule has 7 heteroatoms. The van der Waals surface area contributed by atoms with Gasteiger partial charge in [-0.3, -0.25) is 0 Å². The van der Waals surface area contributed by atoms with Gasteiger partial charge in [0.15, 0.2) is 0 Å². The van der Waals surface area contributed by atoms with Gasteiger partial charge in [0.05, 0.1) is 6.61 Å². The number of halogens is 1. The molecule has 0 unspecified atom stereocenters. The second-order valence-corrected chi connectivity index (χ2v) is 6.08. The van der Waals surface area contributed by atoms with E-state index in [0.717, 1.165) is 6.07 Å². The van der Waals surface area contributed by atoms with E-state index >= 15 is 0 Å². The van der Waals surface area contributed by atoms with Crippen molar-refractivity contribution in [1.29, 1.82) is 0 Å². The Morgan fingerprint density at radius 1 is 1.10 bits per heavy atom. The Morgan fingerprint density at radius 2 is 1.75 bits per heavy atom. The third kappa shape index (κ3) is 4.52. The number of hydrogen-bond acceptors (Lipinski definition) is 4. The summed E-state index contributed by atoms with van der Waals surface area (Å²) in [7, 11) is -0.826. The molecule has 0 spiro atoms. The summed E-state index contributed by atoms with van der Waals surface area (Å²) < 4.78 is 49.6. The van der Waals surface area contributed by atoms with Crippen molar-refractivity contribution < 1.29 is 22.3 Å². The van der Waals surface area contributed by atoms with E-state index in [-0.39, 0.29) is 24.6 Å². The Kier molecular flexibility index (Phi) is 7.08. The second kappa shape index (κ2) is 8.31. The molecule has 0 aliphatic rings. The molecule has 0 aromatic heterocycles. The summed E-state index contributed by atoms with van der Waals surface area (Å²) in [5.41, 5.74) is 0. The third-order valence-corrected chi connectivity index (χ3v) is 4.69. The van der Waals surface area contributed by atoms with Crippen molar-refractivity contribution in [3.63, 3.8) is 0 Å². The van der Waals surface area contributed by atoms with E-state index in [4.69, 9.17) is 9.47 Å². The van der Waals surface area contributed by atoms with E-state index in [9.17, 15) is 12.8 Å². The van der Waals surface area contributed by atoms with Crippen molar-refractivity contribution >= 4 is 10.0 Å². The minimum absolute atomic E-state index is 0.177. The normalized spacial score (nSPS) is 12.0. The van der Waals surface area contributed by atoms with Gasteiger partial charge in [0.1, 0.15) is 10.7 Å². The molecule has 1 aromatic carbocycles. The first-order chi connectivity index (χ1) is 9.54. The summed E-state index contributed by atoms with van der Waals surface area (Å²) in [6.07, 6.45) is 0.536. The summed E-state index contributed by atoms with van der Waals surface area (Å²) in [6, 6.07) is 5.36. The lowest BCUT2D eigenvalue weighted by molar-refractivity contribution is 0.164. The molecular weight excluding hydrogens is 285 g/mol. The first-order valence-electron chi connectivity index (χ1n) is 6.26. The van der Waals surface area contributed by atoms with Crippen molar-refractivity contribution in [2.45, 2.75) is 11.3 Å². The molecule has 0 aliphatic carbocycles. The molecule has 1 rings (SSSR count). The number of ether oxygens (including phenoxy) is 2. The summed E-state index contributed by atoms with van der Waals surface area (Å²) in [6.45, 7) is 1.13. The number of methoxy groups -OCH3 is 2. The Balaban J connectivity index is 2.95. The zero-order valence-corrected chi connectivity index (χ0v) is 12.5. The minimum atomic E-state index is -3.86. The van der Waals surface area contributed by atoms with Crippen LogP contribution in [0.2, 0.25) is 0 Å². The van der Waals surface area contributed by atoms with E-state index in [2.05, 4.69) is 0 Å². The fourth-order valence-corrected chi connectivity index (χ4v) is 3.25. The van der Waals surface area contributed by atoms with Crippen LogP contribution in [0, 0.1) is 5.82 Å². The Hall–Kier alpha value is -1.02. The smallest absolute Gasteiger partial charge is 0.246 e. The molecule has 0 saturated heterocycles. The van der Waals surface area contributed by atoms with Gasteiger partial charge in [-0.1, -0.05) is 12.1 Å². The van der Waals surface area contributed by atoms with Crippen LogP contribution in [0.5, 0.6) is 0 Å². The Bertz CT molecular complexity index is 507. The molecule has 5 nitrogen and oxygen atoms in total. The predicted octanol–water partition coefficient (Wildman–Crippen LogP) is 1.50. The zero-order chi connectivity index (χ0) is 15.0. The van der Waals surface area contributed by atoms with Crippen LogP contribution in [0.3, 0.4) is 0 Å². The summed E-state index contributed by atoms with van der Waals surface area (Å²) in [4.78, 5) is -0.312. The molecule has 0 N–H and O–H groups in total. The summed E-state index contributed by atoms with van der Waals surface area (Å²) in [5.74, 6) is -0.748. The molecule has 0 aliphatic heterocycles. The molecule has 20 heavy (non-hydrogen) atoms. The van der Waals surface area contributed by atoms with Gasteiger partial charge >= 0.3 is 0 Å². The molecular formula is C13H20FNO4S. The quantitative estimate of drug-likeness (QED) is 0.649. The van der Waals surface area contributed by atoms with Gasteiger partial charge < -0.3 is 9.47 Å². The summed E-state index contributed by atoms with van der Waals surface area (Å²) in [5, 5.41) is 0. The number of benzene rings is 1. The molecule has 0 bridgehead atoms. The number of sulfonamides is 1. The van der Waals surface area contributed by atoms with Gasteiger partial charge in [-0.15, -0.1) is 0 Å². The average molecular weight is 305 g/mol. The minimum Gasteiger partial charge on any atom is -0.385 e. The second-order valence-electron chi connectivity index (χ2n) is 4.17. The van der Waals surface area contributed by atoms with E-state index < -0.39 is 15.8 Å². The summed E-state index contributed by atoms with van der Waals surface area (Å²) >= 11 is 0. The van der Waals surface area contributed by atoms with E-state index in [1.54, 1.807) is 7.11 Å². The first-order valence-corrected chi connectivity index (χ1v) is 7.70. The molecule has 0 radical (unpaired) electrons. The topological polar surface area (TPSA) is 55.8 Å². The molecule has 0 saturated carbocycles. The number of nitrogens with zero attached hydrogens (tertiary/aromatic N) is 1. The monoisotopic (exact) mass is 305 g/mol. The van der Waals surface area contributed by atoms with Gasteiger partial charge in [0, 0.05) is 33.9 Å². The van der Waals surface area contributed by atoms with Crippen LogP contribution in [0.25, 0.3) is 0 Å². The van der Waals surface area contributed by atoms with Crippen LogP contribution in [-0.2, 0) is 19.5 Å². The van der Waals surface area contributed by atoms with Crippen molar-refractivity contribution in [1.82, 2.24) is 4.31 Å². The van der Waals surface area contributed by atoms with Gasteiger partial charge in [-0.25, -0.2) is 12.8 Å². The lowest BCUT2D eigenvalue weighted by atomic mass is 10.3. The van der Waals surface area contributed by atoms with Crippen LogP contribution in [-0.4, -0.2) is 53.2 Å². The van der Waals surface area contributed by atoms with Crippen LogP contribution in [0.1, 0.15) is 6.42 Å². The number of hydrogen-bond donors (Lipinski definition) is 0. The third-order valence-electron chi connectivity index (χ3n) is 2.76. The predicted molar refractivity (Wildman–Crippen MR) is 73.5 cm³/mol. The standard InChI is InChI=1S/C13H20FNO4S/c1-18-10-5-8-15(9-11-19-2)20(16,17)13-7-4-3-6-12(13)14/h3-4,6-7H,5,8-11H2,1-2H3. The van der Waals surface area contributed by atoms with E-state index in [1.165, 1.54) is 29.6 Å². The fourth-order valence-electron chi connectivity index (χ4n) is 1.72. The van der Waals surface area contributed by atoms with Gasteiger partial charge in [-0.05, 0) is 18.6 Å². The van der Waals surface area contributed by atoms with Gasteiger partial charge in [0.2, 0.25) is 10.0 Å². The highest BCUT2D eigenvalue weighted by Crippen LogP contribution is 2.19. The Labute approximate surface area is 119 Å². The lowest BCUT2D eigenvalue weighted by Crippen LogP contribution is -2.35. The lowest BCUT2D eigenvalue weighted by Gasteiger charge is -2.22. The first kappa shape index (κ1) is 17.0. The average Bonchev–Trinajstić information content (AvgIpc) is 2.42. The van der Waals surface area contributed by atoms with Crippen LogP contribution >= 0.6 is 0 Å². The zero-order valence-electron chi connectivity index (χ0n) is 11.7. The van der Waals surface area contributed by atoms with Gasteiger partial charge in [0.25, 0.3) is 0 Å². The maximum Gasteiger partial charge on any atom is 0.246 e. The van der Waals surface area contributed by atoms with Crippen LogP contribution in [0.4, 0.5) is 4.39 Å². The molecule has 0 amide bonds. The maximum atomic E-state index is 13.7. The fraction of sp³-hybridized carbons (Fsp3) is 0.538. The molecule has 0 atom stereocenters. The molecule has 0 fully saturated rings. The maximum absolute atomic E-state index is 13.7. The highest BCUT2D eigenvalue weighted by atomic mass is 32.2. The van der Waals surface area contributed by atoms with Crippen LogP contribution < -0.4 is 0 Å². The highest BCUT2D eigenvalue weighted by molar-refractivity contribution is 7.89. The van der Waals surface area contributed by atoms with Crippen molar-refractivity contribution in [2.75, 3.05) is 40.5 Å². The van der Waals surface area contributed by atoms with Crippen molar-refractivity contribution in [2.24, 2.45) is 0 Å². The largest absolute Gasteiger partial charge is 0.385 e. The SMILES string of the molecule is COCCCN(CCOC)S(=O)(=O)c1ccccc1F. The molecule has 1 aromatic rings. The van der Waals surface area contributed by atoms with Crippen molar-refractivity contribution in [3.05, 3.63) is 30.1 Å². The van der Waals surface area contributed by atoms with E-state index in [1.807, 2.05) is 0 Å². The highest BCUT2D eigenvalue weighted by Gasteiger charge is 2.26. The van der Waals surface area contributed by atoms with E-state index in [0.29, 0.717) is 13.0 Å². The molecule has 114 valence electrons. The molecule has 0 heterocycles. The number of rotatable bonds is 9. The Morgan fingerprint density at radius 3 is 2.35 bits per heavy atom. The van der Waals surface area contributed by atoms with Gasteiger partial charge in [-0.2, -0.15) is 4.31 Å². The van der Waals surface area contributed by atoms with Crippen molar-refractivity contribution in [3.8, 4) is 0 Å². The van der Waals surface area contributed by atoms with Crippen LogP contribution in [0.15, 0.2) is 29.2 Å².